The molecule has 0 radical (unpaired) electrons. The summed E-state index contributed by atoms with van der Waals surface area (Å²) in [5, 5.41) is 5.58. The maximum atomic E-state index is 5.69. The summed E-state index contributed by atoms with van der Waals surface area (Å²) in [6, 6.07) is 8.02. The van der Waals surface area contributed by atoms with Gasteiger partial charge in [-0.3, -0.25) is 4.90 Å². The smallest absolute Gasteiger partial charge is 0.288 e. The third kappa shape index (κ3) is 3.18. The molecule has 3 aromatic rings. The van der Waals surface area contributed by atoms with Gasteiger partial charge in [-0.05, 0) is 18.3 Å². The lowest BCUT2D eigenvalue weighted by molar-refractivity contribution is 0.247. The van der Waals surface area contributed by atoms with E-state index in [4.69, 9.17) is 16.6 Å². The predicted octanol–water partition coefficient (Wildman–Crippen LogP) is 3.99. The van der Waals surface area contributed by atoms with Gasteiger partial charge >= 0.3 is 0 Å². The zero-order valence-electron chi connectivity index (χ0n) is 12.7. The molecule has 23 heavy (non-hydrogen) atoms. The van der Waals surface area contributed by atoms with Gasteiger partial charge in [-0.15, -0.1) is 18.3 Å². The molecule has 0 fully saturated rings. The van der Waals surface area contributed by atoms with E-state index in [-0.39, 0.29) is 0 Å². The Morgan fingerprint density at radius 1 is 1.26 bits per heavy atom. The fraction of sp³-hybridized carbons (Fsp3) is 0.176. The van der Waals surface area contributed by atoms with Crippen molar-refractivity contribution in [1.82, 2.24) is 19.7 Å². The first kappa shape index (κ1) is 15.5. The summed E-state index contributed by atoms with van der Waals surface area (Å²) in [5.74, 6) is 0.518. The fourth-order valence-electron chi connectivity index (χ4n) is 2.50. The van der Waals surface area contributed by atoms with Crippen molar-refractivity contribution in [3.05, 3.63) is 60.6 Å². The number of para-hydroxylation sites is 1. The maximum Gasteiger partial charge on any atom is 0.288 e. The fourth-order valence-corrected chi connectivity index (χ4v) is 2.68. The highest BCUT2D eigenvalue weighted by atomic mass is 32.1. The van der Waals surface area contributed by atoms with Gasteiger partial charge in [0, 0.05) is 30.2 Å². The molecular weight excluding hydrogens is 308 g/mol. The van der Waals surface area contributed by atoms with E-state index < -0.39 is 0 Å². The third-order valence-electron chi connectivity index (χ3n) is 3.53. The second kappa shape index (κ2) is 6.76. The average Bonchev–Trinajstić information content (AvgIpc) is 3.12. The van der Waals surface area contributed by atoms with Gasteiger partial charge in [0.15, 0.2) is 0 Å². The number of benzene rings is 1. The highest BCUT2D eigenvalue weighted by molar-refractivity contribution is 7.71. The molecule has 0 aliphatic carbocycles. The topological polar surface area (TPSA) is 50.0 Å². The van der Waals surface area contributed by atoms with E-state index >= 15 is 0 Å². The Morgan fingerprint density at radius 2 is 2.00 bits per heavy atom. The molecule has 2 heterocycles. The van der Waals surface area contributed by atoms with Crippen molar-refractivity contribution in [3.63, 3.8) is 0 Å². The first-order valence-corrected chi connectivity index (χ1v) is 7.72. The Bertz CT molecular complexity index is 879. The summed E-state index contributed by atoms with van der Waals surface area (Å²) >= 11 is 5.30. The molecule has 0 aliphatic heterocycles. The van der Waals surface area contributed by atoms with Gasteiger partial charge in [0.1, 0.15) is 0 Å². The molecular formula is C17H18N4OS. The van der Waals surface area contributed by atoms with Crippen molar-refractivity contribution < 1.29 is 4.42 Å². The molecule has 1 N–H and O–H groups in total. The second-order valence-electron chi connectivity index (χ2n) is 5.18. The molecule has 2 aromatic heterocycles. The number of rotatable bonds is 7. The van der Waals surface area contributed by atoms with Gasteiger partial charge in [0.05, 0.1) is 12.2 Å². The highest BCUT2D eigenvalue weighted by Crippen LogP contribution is 2.27. The lowest BCUT2D eigenvalue weighted by Gasteiger charge is -2.17. The summed E-state index contributed by atoms with van der Waals surface area (Å²) < 4.78 is 7.37. The normalized spacial score (nSPS) is 11.2. The molecule has 118 valence electrons. The van der Waals surface area contributed by atoms with Crippen LogP contribution in [0.3, 0.4) is 0 Å². The molecule has 0 aliphatic rings. The molecule has 5 nitrogen and oxygen atoms in total. The summed E-state index contributed by atoms with van der Waals surface area (Å²) in [7, 11) is 0. The van der Waals surface area contributed by atoms with Crippen molar-refractivity contribution >= 4 is 23.1 Å². The van der Waals surface area contributed by atoms with Crippen LogP contribution in [-0.2, 0) is 6.67 Å². The third-order valence-corrected chi connectivity index (χ3v) is 3.83. The van der Waals surface area contributed by atoms with Gasteiger partial charge in [0.2, 0.25) is 5.89 Å². The van der Waals surface area contributed by atoms with E-state index in [0.29, 0.717) is 17.4 Å². The van der Waals surface area contributed by atoms with E-state index in [1.807, 2.05) is 42.6 Å². The zero-order valence-corrected chi connectivity index (χ0v) is 13.6. The van der Waals surface area contributed by atoms with Gasteiger partial charge in [-0.2, -0.15) is 0 Å². The second-order valence-corrected chi connectivity index (χ2v) is 5.52. The number of H-pyrrole nitrogens is 1. The van der Waals surface area contributed by atoms with Crippen molar-refractivity contribution in [2.75, 3.05) is 13.1 Å². The first-order valence-electron chi connectivity index (χ1n) is 7.31. The molecule has 0 spiro atoms. The van der Waals surface area contributed by atoms with Crippen molar-refractivity contribution in [2.24, 2.45) is 0 Å². The van der Waals surface area contributed by atoms with Crippen LogP contribution in [0.5, 0.6) is 0 Å². The van der Waals surface area contributed by atoms with Crippen molar-refractivity contribution in [2.45, 2.75) is 6.67 Å². The molecule has 0 amide bonds. The predicted molar refractivity (Wildman–Crippen MR) is 94.6 cm³/mol. The number of hydrogen-bond donors (Lipinski definition) is 1. The Morgan fingerprint density at radius 3 is 2.74 bits per heavy atom. The Labute approximate surface area is 139 Å². The van der Waals surface area contributed by atoms with E-state index in [1.54, 1.807) is 4.68 Å². The highest BCUT2D eigenvalue weighted by Gasteiger charge is 2.14. The van der Waals surface area contributed by atoms with Gasteiger partial charge in [-0.1, -0.05) is 30.4 Å². The van der Waals surface area contributed by atoms with Crippen LogP contribution in [0.25, 0.3) is 22.4 Å². The lowest BCUT2D eigenvalue weighted by atomic mass is 10.2. The zero-order chi connectivity index (χ0) is 16.2. The molecule has 0 unspecified atom stereocenters. The number of aromatic nitrogens is 3. The quantitative estimate of drug-likeness (QED) is 0.527. The monoisotopic (exact) mass is 326 g/mol. The number of hydrogen-bond acceptors (Lipinski definition) is 4. The molecule has 6 heteroatoms. The van der Waals surface area contributed by atoms with E-state index in [1.165, 1.54) is 0 Å². The lowest BCUT2D eigenvalue weighted by Crippen LogP contribution is -2.27. The van der Waals surface area contributed by atoms with Crippen LogP contribution in [0.4, 0.5) is 0 Å². The van der Waals surface area contributed by atoms with Gasteiger partial charge < -0.3 is 9.40 Å². The van der Waals surface area contributed by atoms with Crippen LogP contribution in [0, 0.1) is 4.84 Å². The standard InChI is InChI=1S/C17H18N4OS/c1-3-9-20(10-4-2)12-21-17(23)22-16(19-21)14-11-18-15-8-6-5-7-13(14)15/h3-8,11,18H,1-2,9-10,12H2. The molecule has 1 aromatic carbocycles. The van der Waals surface area contributed by atoms with E-state index in [9.17, 15) is 0 Å². The number of fused-ring (bicyclic) bond motifs is 1. The van der Waals surface area contributed by atoms with Crippen molar-refractivity contribution in [3.8, 4) is 11.5 Å². The Kier molecular flexibility index (Phi) is 4.55. The summed E-state index contributed by atoms with van der Waals surface area (Å²) in [6.45, 7) is 9.52. The molecule has 0 bridgehead atoms. The minimum absolute atomic E-state index is 0.350. The van der Waals surface area contributed by atoms with Crippen LogP contribution in [0.15, 0.2) is 60.2 Å². The summed E-state index contributed by atoms with van der Waals surface area (Å²) in [4.78, 5) is 5.68. The minimum Gasteiger partial charge on any atom is -0.409 e. The number of nitrogens with one attached hydrogen (secondary N) is 1. The Balaban J connectivity index is 1.93. The molecule has 0 saturated carbocycles. The van der Waals surface area contributed by atoms with Gasteiger partial charge in [0.25, 0.3) is 4.84 Å². The van der Waals surface area contributed by atoms with Gasteiger partial charge in [-0.25, -0.2) is 4.68 Å². The van der Waals surface area contributed by atoms with Crippen LogP contribution >= 0.6 is 12.2 Å². The van der Waals surface area contributed by atoms with E-state index in [0.717, 1.165) is 29.6 Å². The van der Waals surface area contributed by atoms with Crippen molar-refractivity contribution in [1.29, 1.82) is 0 Å². The van der Waals surface area contributed by atoms with Crippen LogP contribution in [0.1, 0.15) is 0 Å². The largest absolute Gasteiger partial charge is 0.409 e. The maximum absolute atomic E-state index is 5.69. The van der Waals surface area contributed by atoms with Crippen LogP contribution in [-0.4, -0.2) is 32.8 Å². The number of nitrogens with zero attached hydrogens (tertiary/aromatic N) is 3. The Hall–Kier alpha value is -2.44. The minimum atomic E-state index is 0.350. The van der Waals surface area contributed by atoms with Crippen LogP contribution in [0.2, 0.25) is 0 Å². The summed E-state index contributed by atoms with van der Waals surface area (Å²) in [6.07, 6.45) is 5.57. The SMILES string of the molecule is C=CCN(CC=C)Cn1nc(-c2c[nH]c3ccccc23)oc1=S. The van der Waals surface area contributed by atoms with Crippen LogP contribution < -0.4 is 0 Å². The van der Waals surface area contributed by atoms with E-state index in [2.05, 4.69) is 28.1 Å². The molecule has 3 rings (SSSR count). The summed E-state index contributed by atoms with van der Waals surface area (Å²) in [5.41, 5.74) is 1.95. The average molecular weight is 326 g/mol. The molecule has 0 saturated heterocycles. The molecule has 0 atom stereocenters. The number of aromatic amines is 1. The first-order chi connectivity index (χ1) is 11.2.